The van der Waals surface area contributed by atoms with Crippen LogP contribution < -0.4 is 0 Å². The SMILES string of the molecule is CCC(C)(C=O)CN1CCCC1CCCO. The number of aliphatic hydroxyl groups is 1. The number of nitrogens with zero attached hydrogens (tertiary/aromatic N) is 1. The molecule has 0 saturated carbocycles. The van der Waals surface area contributed by atoms with E-state index in [1.54, 1.807) is 0 Å². The lowest BCUT2D eigenvalue weighted by Crippen LogP contribution is -2.39. The molecule has 2 unspecified atom stereocenters. The smallest absolute Gasteiger partial charge is 0.127 e. The van der Waals surface area contributed by atoms with Crippen molar-refractivity contribution >= 4 is 6.29 Å². The van der Waals surface area contributed by atoms with Gasteiger partial charge in [-0.05, 0) is 38.6 Å². The fourth-order valence-corrected chi connectivity index (χ4v) is 2.45. The van der Waals surface area contributed by atoms with Gasteiger partial charge in [0, 0.05) is 24.6 Å². The van der Waals surface area contributed by atoms with Gasteiger partial charge in [-0.2, -0.15) is 0 Å². The summed E-state index contributed by atoms with van der Waals surface area (Å²) in [5.74, 6) is 0. The second-order valence-electron chi connectivity index (χ2n) is 5.26. The molecule has 1 saturated heterocycles. The van der Waals surface area contributed by atoms with Crippen LogP contribution in [0, 0.1) is 5.41 Å². The van der Waals surface area contributed by atoms with Crippen LogP contribution in [0.4, 0.5) is 0 Å². The van der Waals surface area contributed by atoms with Crippen LogP contribution >= 0.6 is 0 Å². The highest BCUT2D eigenvalue weighted by atomic mass is 16.2. The molecule has 0 amide bonds. The molecule has 2 atom stereocenters. The summed E-state index contributed by atoms with van der Waals surface area (Å²) in [7, 11) is 0. The largest absolute Gasteiger partial charge is 0.396 e. The third kappa shape index (κ3) is 3.56. The molecule has 1 fully saturated rings. The Balaban J connectivity index is 2.48. The first kappa shape index (κ1) is 13.7. The molecular weight excluding hydrogens is 202 g/mol. The molecule has 0 aliphatic carbocycles. The van der Waals surface area contributed by atoms with Gasteiger partial charge in [0.2, 0.25) is 0 Å². The number of hydrogen-bond acceptors (Lipinski definition) is 3. The second-order valence-corrected chi connectivity index (χ2v) is 5.26. The molecule has 0 spiro atoms. The first-order valence-corrected chi connectivity index (χ1v) is 6.46. The van der Waals surface area contributed by atoms with Gasteiger partial charge in [0.1, 0.15) is 6.29 Å². The second kappa shape index (κ2) is 6.36. The van der Waals surface area contributed by atoms with Crippen LogP contribution in [0.25, 0.3) is 0 Å². The molecule has 1 heterocycles. The highest BCUT2D eigenvalue weighted by Crippen LogP contribution is 2.27. The molecule has 0 aromatic rings. The normalized spacial score (nSPS) is 25.6. The van der Waals surface area contributed by atoms with Gasteiger partial charge in [0.05, 0.1) is 0 Å². The minimum Gasteiger partial charge on any atom is -0.396 e. The van der Waals surface area contributed by atoms with E-state index in [1.807, 2.05) is 6.92 Å². The average Bonchev–Trinajstić information content (AvgIpc) is 2.73. The monoisotopic (exact) mass is 227 g/mol. The van der Waals surface area contributed by atoms with Crippen molar-refractivity contribution in [2.45, 2.75) is 52.0 Å². The molecule has 1 aliphatic heterocycles. The molecule has 94 valence electrons. The molecule has 1 rings (SSSR count). The third-order valence-corrected chi connectivity index (χ3v) is 3.85. The molecule has 1 N–H and O–H groups in total. The zero-order valence-electron chi connectivity index (χ0n) is 10.6. The van der Waals surface area contributed by atoms with Crippen molar-refractivity contribution in [3.05, 3.63) is 0 Å². The van der Waals surface area contributed by atoms with Gasteiger partial charge < -0.3 is 9.90 Å². The molecule has 0 bridgehead atoms. The first-order valence-electron chi connectivity index (χ1n) is 6.46. The minimum atomic E-state index is -0.193. The Bertz CT molecular complexity index is 220. The van der Waals surface area contributed by atoms with E-state index in [2.05, 4.69) is 11.8 Å². The summed E-state index contributed by atoms with van der Waals surface area (Å²) in [5, 5.41) is 8.86. The van der Waals surface area contributed by atoms with Crippen LogP contribution in [0.3, 0.4) is 0 Å². The highest BCUT2D eigenvalue weighted by Gasteiger charge is 2.31. The fraction of sp³-hybridized carbons (Fsp3) is 0.923. The Morgan fingerprint density at radius 3 is 2.88 bits per heavy atom. The van der Waals surface area contributed by atoms with Crippen molar-refractivity contribution in [2.75, 3.05) is 19.7 Å². The van der Waals surface area contributed by atoms with Crippen LogP contribution in [0.5, 0.6) is 0 Å². The number of carbonyl (C=O) groups is 1. The van der Waals surface area contributed by atoms with Crippen molar-refractivity contribution in [1.29, 1.82) is 0 Å². The van der Waals surface area contributed by atoms with Crippen LogP contribution in [0.1, 0.15) is 46.0 Å². The van der Waals surface area contributed by atoms with Crippen molar-refractivity contribution in [2.24, 2.45) is 5.41 Å². The molecule has 16 heavy (non-hydrogen) atoms. The fourth-order valence-electron chi connectivity index (χ4n) is 2.45. The number of carbonyl (C=O) groups excluding carboxylic acids is 1. The quantitative estimate of drug-likeness (QED) is 0.675. The van der Waals surface area contributed by atoms with E-state index in [9.17, 15) is 4.79 Å². The molecule has 1 aliphatic rings. The lowest BCUT2D eigenvalue weighted by Gasteiger charge is -2.32. The number of likely N-dealkylation sites (tertiary alicyclic amines) is 1. The minimum absolute atomic E-state index is 0.193. The summed E-state index contributed by atoms with van der Waals surface area (Å²) in [6.45, 7) is 6.39. The van der Waals surface area contributed by atoms with E-state index < -0.39 is 0 Å². The van der Waals surface area contributed by atoms with Gasteiger partial charge in [-0.1, -0.05) is 13.8 Å². The molecular formula is C13H25NO2. The van der Waals surface area contributed by atoms with Crippen molar-refractivity contribution in [3.8, 4) is 0 Å². The van der Waals surface area contributed by atoms with Crippen molar-refractivity contribution < 1.29 is 9.90 Å². The summed E-state index contributed by atoms with van der Waals surface area (Å²) >= 11 is 0. The van der Waals surface area contributed by atoms with Crippen molar-refractivity contribution in [1.82, 2.24) is 4.90 Å². The number of rotatable bonds is 7. The molecule has 3 nitrogen and oxygen atoms in total. The zero-order chi connectivity index (χ0) is 12.0. The van der Waals surface area contributed by atoms with Crippen LogP contribution in [0.15, 0.2) is 0 Å². The van der Waals surface area contributed by atoms with Gasteiger partial charge in [0.15, 0.2) is 0 Å². The Morgan fingerprint density at radius 2 is 2.31 bits per heavy atom. The molecule has 0 aromatic carbocycles. The van der Waals surface area contributed by atoms with Gasteiger partial charge in [-0.25, -0.2) is 0 Å². The van der Waals surface area contributed by atoms with Crippen molar-refractivity contribution in [3.63, 3.8) is 0 Å². The van der Waals surface area contributed by atoms with E-state index >= 15 is 0 Å². The average molecular weight is 227 g/mol. The maximum atomic E-state index is 11.1. The summed E-state index contributed by atoms with van der Waals surface area (Å²) in [5.41, 5.74) is -0.193. The van der Waals surface area contributed by atoms with E-state index in [4.69, 9.17) is 5.11 Å². The maximum Gasteiger partial charge on any atom is 0.127 e. The highest BCUT2D eigenvalue weighted by molar-refractivity contribution is 5.58. The lowest BCUT2D eigenvalue weighted by molar-refractivity contribution is -0.116. The Hall–Kier alpha value is -0.410. The summed E-state index contributed by atoms with van der Waals surface area (Å²) in [6.07, 6.45) is 6.40. The zero-order valence-corrected chi connectivity index (χ0v) is 10.6. The van der Waals surface area contributed by atoms with Crippen LogP contribution in [-0.4, -0.2) is 42.0 Å². The van der Waals surface area contributed by atoms with E-state index in [-0.39, 0.29) is 12.0 Å². The molecule has 0 radical (unpaired) electrons. The lowest BCUT2D eigenvalue weighted by atomic mass is 9.88. The maximum absolute atomic E-state index is 11.1. The third-order valence-electron chi connectivity index (χ3n) is 3.85. The van der Waals surface area contributed by atoms with Gasteiger partial charge in [0.25, 0.3) is 0 Å². The predicted molar refractivity (Wildman–Crippen MR) is 65.4 cm³/mol. The van der Waals surface area contributed by atoms with Crippen LogP contribution in [0.2, 0.25) is 0 Å². The predicted octanol–water partition coefficient (Wildman–Crippen LogP) is 1.84. The van der Waals surface area contributed by atoms with Crippen LogP contribution in [-0.2, 0) is 4.79 Å². The van der Waals surface area contributed by atoms with E-state index in [0.717, 1.165) is 38.6 Å². The standard InChI is InChI=1S/C13H25NO2/c1-3-13(2,11-16)10-14-8-4-6-12(14)7-5-9-15/h11-12,15H,3-10H2,1-2H3. The van der Waals surface area contributed by atoms with E-state index in [0.29, 0.717) is 6.04 Å². The number of aldehydes is 1. The topological polar surface area (TPSA) is 40.5 Å². The molecule has 3 heteroatoms. The van der Waals surface area contributed by atoms with E-state index in [1.165, 1.54) is 12.8 Å². The number of hydrogen-bond donors (Lipinski definition) is 1. The Kier molecular flexibility index (Phi) is 5.42. The van der Waals surface area contributed by atoms with Gasteiger partial charge in [-0.3, -0.25) is 4.90 Å². The summed E-state index contributed by atoms with van der Waals surface area (Å²) < 4.78 is 0. The van der Waals surface area contributed by atoms with Gasteiger partial charge in [-0.15, -0.1) is 0 Å². The summed E-state index contributed by atoms with van der Waals surface area (Å²) in [6, 6.07) is 0.581. The Morgan fingerprint density at radius 1 is 1.56 bits per heavy atom. The van der Waals surface area contributed by atoms with Gasteiger partial charge >= 0.3 is 0 Å². The first-order chi connectivity index (χ1) is 7.65. The molecule has 0 aromatic heterocycles. The summed E-state index contributed by atoms with van der Waals surface area (Å²) in [4.78, 5) is 13.5. The Labute approximate surface area is 98.8 Å². The number of aliphatic hydroxyl groups excluding tert-OH is 1.